The molecule has 1 atom stereocenters. The molecule has 0 saturated heterocycles. The first-order valence-corrected chi connectivity index (χ1v) is 8.74. The highest BCUT2D eigenvalue weighted by Crippen LogP contribution is 2.20. The van der Waals surface area contributed by atoms with Gasteiger partial charge in [0.2, 0.25) is 5.91 Å². The van der Waals surface area contributed by atoms with Gasteiger partial charge in [0.1, 0.15) is 17.3 Å². The van der Waals surface area contributed by atoms with Crippen molar-refractivity contribution in [1.82, 2.24) is 10.9 Å². The van der Waals surface area contributed by atoms with Crippen LogP contribution in [0.3, 0.4) is 0 Å². The molecule has 0 spiro atoms. The van der Waals surface area contributed by atoms with E-state index in [-0.39, 0.29) is 11.7 Å². The predicted octanol–water partition coefficient (Wildman–Crippen LogP) is 2.54. The Kier molecular flexibility index (Phi) is 7.28. The number of hydrazine groups is 1. The molecule has 138 valence electrons. The number of hydrogen-bond donors (Lipinski definition) is 2. The van der Waals surface area contributed by atoms with Crippen LogP contribution < -0.4 is 20.3 Å². The number of ether oxygens (including phenoxy) is 2. The molecular weight excluding hydrogens is 359 g/mol. The van der Waals surface area contributed by atoms with Gasteiger partial charge in [-0.15, -0.1) is 11.8 Å². The molecule has 2 rings (SSSR count). The first kappa shape index (κ1) is 19.6. The Hall–Kier alpha value is -2.74. The fourth-order valence-electron chi connectivity index (χ4n) is 1.86. The summed E-state index contributed by atoms with van der Waals surface area (Å²) in [6.45, 7) is 1.52. The number of methoxy groups -OCH3 is 1. The van der Waals surface area contributed by atoms with E-state index in [1.54, 1.807) is 19.2 Å². The van der Waals surface area contributed by atoms with Gasteiger partial charge in [0.15, 0.2) is 6.10 Å². The Morgan fingerprint density at radius 1 is 1.04 bits per heavy atom. The van der Waals surface area contributed by atoms with E-state index in [0.29, 0.717) is 5.75 Å². The summed E-state index contributed by atoms with van der Waals surface area (Å²) in [6, 6.07) is 12.6. The molecule has 0 aromatic heterocycles. The molecule has 2 aromatic carbocycles. The number of amides is 2. The Labute approximate surface area is 155 Å². The summed E-state index contributed by atoms with van der Waals surface area (Å²) >= 11 is 1.33. The maximum atomic E-state index is 12.8. The Balaban J connectivity index is 1.71. The van der Waals surface area contributed by atoms with Crippen molar-refractivity contribution in [2.45, 2.75) is 17.9 Å². The smallest absolute Gasteiger partial charge is 0.279 e. The van der Waals surface area contributed by atoms with Crippen molar-refractivity contribution in [3.63, 3.8) is 0 Å². The zero-order valence-electron chi connectivity index (χ0n) is 14.3. The van der Waals surface area contributed by atoms with Crippen molar-refractivity contribution in [1.29, 1.82) is 0 Å². The molecule has 8 heteroatoms. The first-order valence-electron chi connectivity index (χ1n) is 7.75. The van der Waals surface area contributed by atoms with Gasteiger partial charge in [-0.2, -0.15) is 0 Å². The zero-order chi connectivity index (χ0) is 18.9. The number of nitrogens with one attached hydrogen (secondary N) is 2. The van der Waals surface area contributed by atoms with Crippen LogP contribution in [0.5, 0.6) is 11.5 Å². The van der Waals surface area contributed by atoms with Gasteiger partial charge in [0.25, 0.3) is 5.91 Å². The van der Waals surface area contributed by atoms with Crippen LogP contribution in [0, 0.1) is 5.82 Å². The average molecular weight is 378 g/mol. The Bertz CT molecular complexity index is 738. The van der Waals surface area contributed by atoms with E-state index in [1.807, 2.05) is 12.1 Å². The van der Waals surface area contributed by atoms with Crippen LogP contribution in [-0.4, -0.2) is 30.8 Å². The van der Waals surface area contributed by atoms with Crippen LogP contribution in [0.15, 0.2) is 53.4 Å². The number of carbonyl (C=O) groups is 2. The van der Waals surface area contributed by atoms with Gasteiger partial charge in [-0.05, 0) is 55.5 Å². The van der Waals surface area contributed by atoms with Gasteiger partial charge in [-0.1, -0.05) is 0 Å². The van der Waals surface area contributed by atoms with Crippen LogP contribution >= 0.6 is 11.8 Å². The van der Waals surface area contributed by atoms with E-state index in [1.165, 1.54) is 43.0 Å². The zero-order valence-corrected chi connectivity index (χ0v) is 15.1. The fraction of sp³-hybridized carbons (Fsp3) is 0.222. The predicted molar refractivity (Wildman–Crippen MR) is 96.5 cm³/mol. The summed E-state index contributed by atoms with van der Waals surface area (Å²) in [5, 5.41) is 0. The first-order chi connectivity index (χ1) is 12.5. The molecule has 0 heterocycles. The molecule has 0 unspecified atom stereocenters. The lowest BCUT2D eigenvalue weighted by Crippen LogP contribution is -2.47. The fourth-order valence-corrected chi connectivity index (χ4v) is 2.56. The molecular formula is C18H19FN2O4S. The molecule has 26 heavy (non-hydrogen) atoms. The highest BCUT2D eigenvalue weighted by Gasteiger charge is 2.15. The van der Waals surface area contributed by atoms with Gasteiger partial charge in [-0.3, -0.25) is 20.4 Å². The van der Waals surface area contributed by atoms with Gasteiger partial charge in [0.05, 0.1) is 12.9 Å². The molecule has 2 aromatic rings. The number of halogens is 1. The van der Waals surface area contributed by atoms with E-state index in [9.17, 15) is 14.0 Å². The van der Waals surface area contributed by atoms with Crippen LogP contribution in [0.1, 0.15) is 6.92 Å². The number of carbonyl (C=O) groups excluding carboxylic acids is 2. The minimum absolute atomic E-state index is 0.139. The largest absolute Gasteiger partial charge is 0.497 e. The van der Waals surface area contributed by atoms with Crippen LogP contribution in [0.4, 0.5) is 4.39 Å². The SMILES string of the molecule is COc1ccc(SCC(=O)NNC(=O)[C@@H](C)Oc2ccc(F)cc2)cc1. The van der Waals surface area contributed by atoms with Gasteiger partial charge in [-0.25, -0.2) is 4.39 Å². The molecule has 2 amide bonds. The highest BCUT2D eigenvalue weighted by atomic mass is 32.2. The van der Waals surface area contributed by atoms with Crippen molar-refractivity contribution in [3.05, 3.63) is 54.3 Å². The molecule has 0 aliphatic heterocycles. The maximum absolute atomic E-state index is 12.8. The number of benzene rings is 2. The standard InChI is InChI=1S/C18H19FN2O4S/c1-12(25-15-5-3-13(19)4-6-15)18(23)21-20-17(22)11-26-16-9-7-14(24-2)8-10-16/h3-10,12H,11H2,1-2H3,(H,20,22)(H,21,23)/t12-/m1/s1. The number of thioether (sulfide) groups is 1. The average Bonchev–Trinajstić information content (AvgIpc) is 2.66. The molecule has 0 aliphatic carbocycles. The van der Waals surface area contributed by atoms with Crippen molar-refractivity contribution < 1.29 is 23.5 Å². The van der Waals surface area contributed by atoms with E-state index in [4.69, 9.17) is 9.47 Å². The van der Waals surface area contributed by atoms with E-state index >= 15 is 0 Å². The van der Waals surface area contributed by atoms with Crippen molar-refractivity contribution in [2.75, 3.05) is 12.9 Å². The molecule has 0 radical (unpaired) electrons. The lowest BCUT2D eigenvalue weighted by Gasteiger charge is -2.15. The van der Waals surface area contributed by atoms with E-state index in [2.05, 4.69) is 10.9 Å². The second kappa shape index (κ2) is 9.67. The molecule has 0 bridgehead atoms. The Morgan fingerprint density at radius 3 is 2.27 bits per heavy atom. The van der Waals surface area contributed by atoms with Crippen molar-refractivity contribution >= 4 is 23.6 Å². The Morgan fingerprint density at radius 2 is 1.65 bits per heavy atom. The molecule has 6 nitrogen and oxygen atoms in total. The molecule has 0 saturated carbocycles. The summed E-state index contributed by atoms with van der Waals surface area (Å²) in [4.78, 5) is 24.6. The number of hydrogen-bond acceptors (Lipinski definition) is 5. The van der Waals surface area contributed by atoms with Crippen LogP contribution in [-0.2, 0) is 9.59 Å². The topological polar surface area (TPSA) is 76.7 Å². The summed E-state index contributed by atoms with van der Waals surface area (Å²) in [5.74, 6) is -0.0298. The second-order valence-corrected chi connectivity index (χ2v) is 6.26. The van der Waals surface area contributed by atoms with Crippen LogP contribution in [0.25, 0.3) is 0 Å². The number of rotatable bonds is 7. The molecule has 0 aliphatic rings. The van der Waals surface area contributed by atoms with Crippen molar-refractivity contribution in [3.8, 4) is 11.5 Å². The highest BCUT2D eigenvalue weighted by molar-refractivity contribution is 8.00. The van der Waals surface area contributed by atoms with Gasteiger partial charge >= 0.3 is 0 Å². The summed E-state index contributed by atoms with van der Waals surface area (Å²) in [6.07, 6.45) is -0.852. The summed E-state index contributed by atoms with van der Waals surface area (Å²) < 4.78 is 23.3. The monoisotopic (exact) mass is 378 g/mol. The quantitative estimate of drug-likeness (QED) is 0.572. The second-order valence-electron chi connectivity index (χ2n) is 5.22. The minimum atomic E-state index is -0.852. The molecule has 2 N–H and O–H groups in total. The van der Waals surface area contributed by atoms with E-state index < -0.39 is 17.8 Å². The van der Waals surface area contributed by atoms with Crippen molar-refractivity contribution in [2.24, 2.45) is 0 Å². The van der Waals surface area contributed by atoms with Gasteiger partial charge < -0.3 is 9.47 Å². The maximum Gasteiger partial charge on any atom is 0.279 e. The minimum Gasteiger partial charge on any atom is -0.497 e. The third-order valence-corrected chi connectivity index (χ3v) is 4.26. The van der Waals surface area contributed by atoms with E-state index in [0.717, 1.165) is 10.6 Å². The lowest BCUT2D eigenvalue weighted by molar-refractivity contribution is -0.131. The van der Waals surface area contributed by atoms with Crippen LogP contribution in [0.2, 0.25) is 0 Å². The molecule has 0 fully saturated rings. The lowest BCUT2D eigenvalue weighted by atomic mass is 10.3. The third-order valence-electron chi connectivity index (χ3n) is 3.25. The summed E-state index contributed by atoms with van der Waals surface area (Å²) in [7, 11) is 1.58. The third kappa shape index (κ3) is 6.29. The normalized spacial score (nSPS) is 11.3. The summed E-state index contributed by atoms with van der Waals surface area (Å²) in [5.41, 5.74) is 4.62. The van der Waals surface area contributed by atoms with Gasteiger partial charge in [0, 0.05) is 4.90 Å².